The first-order valence-corrected chi connectivity index (χ1v) is 8.39. The second kappa shape index (κ2) is 8.40. The Morgan fingerprint density at radius 3 is 2.71 bits per heavy atom. The van der Waals surface area contributed by atoms with E-state index >= 15 is 0 Å². The van der Waals surface area contributed by atoms with Gasteiger partial charge in [0.05, 0.1) is 0 Å². The molecule has 1 aromatic carbocycles. The summed E-state index contributed by atoms with van der Waals surface area (Å²) in [6.07, 6.45) is 3.85. The minimum Gasteiger partial charge on any atom is -0.492 e. The Balaban J connectivity index is 1.83. The summed E-state index contributed by atoms with van der Waals surface area (Å²) in [7, 11) is 0. The highest BCUT2D eigenvalue weighted by atomic mass is 16.5. The Hall–Kier alpha value is -1.06. The molecule has 1 aromatic rings. The van der Waals surface area contributed by atoms with Crippen molar-refractivity contribution in [3.63, 3.8) is 0 Å². The zero-order valence-corrected chi connectivity index (χ0v) is 13.8. The Bertz CT molecular complexity index is 427. The summed E-state index contributed by atoms with van der Waals surface area (Å²) in [6.45, 7) is 11.9. The van der Waals surface area contributed by atoms with Gasteiger partial charge in [-0.2, -0.15) is 0 Å². The van der Waals surface area contributed by atoms with Gasteiger partial charge in [-0.05, 0) is 69.9 Å². The molecule has 118 valence electrons. The first-order chi connectivity index (χ1) is 10.2. The van der Waals surface area contributed by atoms with E-state index in [0.29, 0.717) is 6.04 Å². The molecular weight excluding hydrogens is 260 g/mol. The molecule has 1 atom stereocenters. The first kappa shape index (κ1) is 16.3. The number of likely N-dealkylation sites (tertiary alicyclic amines) is 1. The Morgan fingerprint density at radius 1 is 1.29 bits per heavy atom. The van der Waals surface area contributed by atoms with Crippen molar-refractivity contribution in [1.29, 1.82) is 0 Å². The molecule has 1 aliphatic heterocycles. The van der Waals surface area contributed by atoms with Crippen molar-refractivity contribution in [3.05, 3.63) is 29.3 Å². The van der Waals surface area contributed by atoms with Crippen LogP contribution in [0.25, 0.3) is 0 Å². The molecule has 1 unspecified atom stereocenters. The van der Waals surface area contributed by atoms with Crippen molar-refractivity contribution < 1.29 is 4.74 Å². The molecule has 1 saturated heterocycles. The van der Waals surface area contributed by atoms with E-state index in [2.05, 4.69) is 49.2 Å². The number of hydrogen-bond acceptors (Lipinski definition) is 3. The largest absolute Gasteiger partial charge is 0.492 e. The number of rotatable bonds is 8. The molecule has 1 aliphatic rings. The molecule has 0 saturated carbocycles. The van der Waals surface area contributed by atoms with Crippen LogP contribution in [-0.4, -0.2) is 37.7 Å². The van der Waals surface area contributed by atoms with E-state index in [-0.39, 0.29) is 0 Å². The molecule has 21 heavy (non-hydrogen) atoms. The van der Waals surface area contributed by atoms with E-state index in [1.54, 1.807) is 0 Å². The molecule has 0 amide bonds. The summed E-state index contributed by atoms with van der Waals surface area (Å²) in [5, 5.41) is 3.53. The van der Waals surface area contributed by atoms with Gasteiger partial charge in [-0.1, -0.05) is 19.1 Å². The fourth-order valence-corrected chi connectivity index (χ4v) is 2.87. The van der Waals surface area contributed by atoms with Crippen LogP contribution >= 0.6 is 0 Å². The number of nitrogens with one attached hydrogen (secondary N) is 1. The SMILES string of the molecule is CCCNC(C)c1ccc(OCCN2CCCC2)c(C)c1. The molecule has 2 rings (SSSR count). The number of benzene rings is 1. The van der Waals surface area contributed by atoms with E-state index in [1.165, 1.54) is 43.5 Å². The van der Waals surface area contributed by atoms with Crippen LogP contribution in [0.1, 0.15) is 50.3 Å². The van der Waals surface area contributed by atoms with E-state index in [9.17, 15) is 0 Å². The second-order valence-electron chi connectivity index (χ2n) is 6.10. The maximum Gasteiger partial charge on any atom is 0.122 e. The van der Waals surface area contributed by atoms with Crippen molar-refractivity contribution in [2.24, 2.45) is 0 Å². The maximum atomic E-state index is 5.95. The molecular formula is C18H30N2O. The van der Waals surface area contributed by atoms with E-state index in [4.69, 9.17) is 4.74 Å². The van der Waals surface area contributed by atoms with Gasteiger partial charge in [-0.15, -0.1) is 0 Å². The highest BCUT2D eigenvalue weighted by Crippen LogP contribution is 2.23. The maximum absolute atomic E-state index is 5.95. The van der Waals surface area contributed by atoms with Crippen molar-refractivity contribution in [1.82, 2.24) is 10.2 Å². The lowest BCUT2D eigenvalue weighted by molar-refractivity contribution is 0.237. The van der Waals surface area contributed by atoms with Crippen LogP contribution in [0, 0.1) is 6.92 Å². The molecule has 3 heteroatoms. The van der Waals surface area contributed by atoms with Gasteiger partial charge < -0.3 is 10.1 Å². The molecule has 0 radical (unpaired) electrons. The number of aryl methyl sites for hydroxylation is 1. The standard InChI is InChI=1S/C18H30N2O/c1-4-9-19-16(3)17-7-8-18(15(2)14-17)21-13-12-20-10-5-6-11-20/h7-8,14,16,19H,4-6,9-13H2,1-3H3. The minimum absolute atomic E-state index is 0.405. The quantitative estimate of drug-likeness (QED) is 0.792. The summed E-state index contributed by atoms with van der Waals surface area (Å²) < 4.78 is 5.95. The molecule has 1 fully saturated rings. The van der Waals surface area contributed by atoms with Gasteiger partial charge in [0.2, 0.25) is 0 Å². The normalized spacial score (nSPS) is 17.1. The summed E-state index contributed by atoms with van der Waals surface area (Å²) in [4.78, 5) is 2.49. The van der Waals surface area contributed by atoms with Gasteiger partial charge in [0, 0.05) is 12.6 Å². The lowest BCUT2D eigenvalue weighted by Gasteiger charge is -2.18. The molecule has 0 spiro atoms. The number of ether oxygens (including phenoxy) is 1. The van der Waals surface area contributed by atoms with Crippen LogP contribution in [0.4, 0.5) is 0 Å². The van der Waals surface area contributed by atoms with Gasteiger partial charge in [0.15, 0.2) is 0 Å². The Labute approximate surface area is 129 Å². The van der Waals surface area contributed by atoms with Crippen molar-refractivity contribution in [2.75, 3.05) is 32.8 Å². The van der Waals surface area contributed by atoms with Gasteiger partial charge in [0.1, 0.15) is 12.4 Å². The molecule has 0 bridgehead atoms. The predicted molar refractivity (Wildman–Crippen MR) is 89.1 cm³/mol. The molecule has 0 aliphatic carbocycles. The zero-order chi connectivity index (χ0) is 15.1. The highest BCUT2D eigenvalue weighted by molar-refractivity contribution is 5.37. The van der Waals surface area contributed by atoms with Crippen molar-refractivity contribution in [3.8, 4) is 5.75 Å². The summed E-state index contributed by atoms with van der Waals surface area (Å²) in [5.74, 6) is 1.03. The van der Waals surface area contributed by atoms with Gasteiger partial charge in [0.25, 0.3) is 0 Å². The summed E-state index contributed by atoms with van der Waals surface area (Å²) in [5.41, 5.74) is 2.58. The molecule has 1 heterocycles. The third kappa shape index (κ3) is 5.01. The van der Waals surface area contributed by atoms with Crippen molar-refractivity contribution >= 4 is 0 Å². The van der Waals surface area contributed by atoms with E-state index < -0.39 is 0 Å². The summed E-state index contributed by atoms with van der Waals surface area (Å²) >= 11 is 0. The van der Waals surface area contributed by atoms with Crippen LogP contribution in [0.2, 0.25) is 0 Å². The second-order valence-corrected chi connectivity index (χ2v) is 6.10. The average Bonchev–Trinajstić information content (AvgIpc) is 2.99. The lowest BCUT2D eigenvalue weighted by Crippen LogP contribution is -2.25. The predicted octanol–water partition coefficient (Wildman–Crippen LogP) is 3.53. The topological polar surface area (TPSA) is 24.5 Å². The Morgan fingerprint density at radius 2 is 2.05 bits per heavy atom. The van der Waals surface area contributed by atoms with Crippen LogP contribution in [0.3, 0.4) is 0 Å². The van der Waals surface area contributed by atoms with Crippen LogP contribution in [-0.2, 0) is 0 Å². The molecule has 0 aromatic heterocycles. The lowest BCUT2D eigenvalue weighted by atomic mass is 10.0. The van der Waals surface area contributed by atoms with E-state index in [1.807, 2.05) is 0 Å². The van der Waals surface area contributed by atoms with E-state index in [0.717, 1.165) is 25.4 Å². The third-order valence-corrected chi connectivity index (χ3v) is 4.26. The van der Waals surface area contributed by atoms with Crippen LogP contribution in [0.5, 0.6) is 5.75 Å². The third-order valence-electron chi connectivity index (χ3n) is 4.26. The first-order valence-electron chi connectivity index (χ1n) is 8.39. The number of hydrogen-bond donors (Lipinski definition) is 1. The Kier molecular flexibility index (Phi) is 6.52. The average molecular weight is 290 g/mol. The highest BCUT2D eigenvalue weighted by Gasteiger charge is 2.11. The smallest absolute Gasteiger partial charge is 0.122 e. The summed E-state index contributed by atoms with van der Waals surface area (Å²) in [6, 6.07) is 6.96. The van der Waals surface area contributed by atoms with Crippen LogP contribution < -0.4 is 10.1 Å². The fraction of sp³-hybridized carbons (Fsp3) is 0.667. The van der Waals surface area contributed by atoms with Gasteiger partial charge >= 0.3 is 0 Å². The minimum atomic E-state index is 0.405. The van der Waals surface area contributed by atoms with Gasteiger partial charge in [-0.25, -0.2) is 0 Å². The monoisotopic (exact) mass is 290 g/mol. The van der Waals surface area contributed by atoms with Crippen LogP contribution in [0.15, 0.2) is 18.2 Å². The molecule has 3 nitrogen and oxygen atoms in total. The fourth-order valence-electron chi connectivity index (χ4n) is 2.87. The number of nitrogens with zero attached hydrogens (tertiary/aromatic N) is 1. The van der Waals surface area contributed by atoms with Crippen molar-refractivity contribution in [2.45, 2.75) is 46.1 Å². The molecule has 1 N–H and O–H groups in total. The van der Waals surface area contributed by atoms with Gasteiger partial charge in [-0.3, -0.25) is 4.90 Å². The zero-order valence-electron chi connectivity index (χ0n) is 13.8.